The number of nitrogens with zero attached hydrogens (tertiary/aromatic N) is 2. The summed E-state index contributed by atoms with van der Waals surface area (Å²) in [6.45, 7) is 13.1. The fourth-order valence-electron chi connectivity index (χ4n) is 2.68. The van der Waals surface area contributed by atoms with Gasteiger partial charge in [-0.05, 0) is 42.4 Å². The van der Waals surface area contributed by atoms with E-state index in [1.807, 2.05) is 12.4 Å². The van der Waals surface area contributed by atoms with E-state index in [0.29, 0.717) is 23.7 Å². The van der Waals surface area contributed by atoms with Crippen LogP contribution >= 0.6 is 0 Å². The second-order valence-corrected chi connectivity index (χ2v) is 7.30. The van der Waals surface area contributed by atoms with Gasteiger partial charge < -0.3 is 4.42 Å². The van der Waals surface area contributed by atoms with Crippen molar-refractivity contribution in [3.8, 4) is 0 Å². The fraction of sp³-hybridized carbons (Fsp3) is 0.600. The smallest absolute Gasteiger partial charge is 0.196 e. The quantitative estimate of drug-likeness (QED) is 0.628. The fourth-order valence-corrected chi connectivity index (χ4v) is 2.68. The molecule has 23 heavy (non-hydrogen) atoms. The highest BCUT2D eigenvalue weighted by Crippen LogP contribution is 2.29. The predicted molar refractivity (Wildman–Crippen MR) is 95.0 cm³/mol. The molecule has 0 aliphatic heterocycles. The maximum Gasteiger partial charge on any atom is 0.196 e. The van der Waals surface area contributed by atoms with Gasteiger partial charge in [0.15, 0.2) is 5.89 Å². The molecule has 3 nitrogen and oxygen atoms in total. The van der Waals surface area contributed by atoms with Gasteiger partial charge >= 0.3 is 0 Å². The zero-order valence-electron chi connectivity index (χ0n) is 15.3. The standard InChI is InChI=1S/C20H30N2O/c1-13(2)17-9-10-21-18(11-17)15(5)7-8-16(6)19-12-22-20(23-19)14(3)4/h9-16H,7-8H2,1-6H3. The van der Waals surface area contributed by atoms with Gasteiger partial charge in [0.05, 0.1) is 6.20 Å². The van der Waals surface area contributed by atoms with E-state index < -0.39 is 0 Å². The third-order valence-corrected chi connectivity index (χ3v) is 4.53. The number of hydrogen-bond acceptors (Lipinski definition) is 3. The topological polar surface area (TPSA) is 38.9 Å². The molecule has 0 saturated carbocycles. The molecule has 0 aliphatic rings. The molecule has 0 N–H and O–H groups in total. The number of pyridine rings is 1. The van der Waals surface area contributed by atoms with Crippen molar-refractivity contribution in [2.75, 3.05) is 0 Å². The molecule has 2 rings (SSSR count). The lowest BCUT2D eigenvalue weighted by atomic mass is 9.93. The van der Waals surface area contributed by atoms with Crippen LogP contribution in [0.25, 0.3) is 0 Å². The summed E-state index contributed by atoms with van der Waals surface area (Å²) >= 11 is 0. The van der Waals surface area contributed by atoms with Gasteiger partial charge in [-0.25, -0.2) is 4.98 Å². The van der Waals surface area contributed by atoms with Crippen LogP contribution in [-0.4, -0.2) is 9.97 Å². The first kappa shape index (κ1) is 17.7. The maximum absolute atomic E-state index is 5.87. The lowest BCUT2D eigenvalue weighted by Crippen LogP contribution is -2.02. The molecule has 0 bridgehead atoms. The van der Waals surface area contributed by atoms with Crippen LogP contribution in [0.3, 0.4) is 0 Å². The van der Waals surface area contributed by atoms with Crippen molar-refractivity contribution in [1.29, 1.82) is 0 Å². The molecule has 126 valence electrons. The molecule has 2 atom stereocenters. The molecule has 2 heterocycles. The Labute approximate surface area is 140 Å². The molecule has 2 aromatic heterocycles. The second kappa shape index (κ2) is 7.76. The maximum atomic E-state index is 5.87. The molecule has 0 radical (unpaired) electrons. The normalized spacial score (nSPS) is 14.4. The van der Waals surface area contributed by atoms with Crippen molar-refractivity contribution in [1.82, 2.24) is 9.97 Å². The van der Waals surface area contributed by atoms with E-state index in [-0.39, 0.29) is 0 Å². The minimum Gasteiger partial charge on any atom is -0.445 e. The first-order chi connectivity index (χ1) is 10.9. The molecular formula is C20H30N2O. The molecule has 0 fully saturated rings. The van der Waals surface area contributed by atoms with Crippen molar-refractivity contribution in [3.63, 3.8) is 0 Å². The van der Waals surface area contributed by atoms with Crippen LogP contribution in [0.1, 0.15) is 101 Å². The van der Waals surface area contributed by atoms with Gasteiger partial charge in [-0.15, -0.1) is 0 Å². The van der Waals surface area contributed by atoms with Gasteiger partial charge in [-0.2, -0.15) is 0 Å². The van der Waals surface area contributed by atoms with Crippen LogP contribution in [0.15, 0.2) is 28.9 Å². The van der Waals surface area contributed by atoms with E-state index in [1.54, 1.807) is 0 Å². The first-order valence-corrected chi connectivity index (χ1v) is 8.80. The van der Waals surface area contributed by atoms with Crippen LogP contribution in [0.5, 0.6) is 0 Å². The van der Waals surface area contributed by atoms with Crippen molar-refractivity contribution in [2.45, 2.75) is 78.1 Å². The van der Waals surface area contributed by atoms with Crippen molar-refractivity contribution < 1.29 is 4.42 Å². The number of oxazole rings is 1. The van der Waals surface area contributed by atoms with Gasteiger partial charge in [-0.1, -0.05) is 41.5 Å². The highest BCUT2D eigenvalue weighted by atomic mass is 16.4. The summed E-state index contributed by atoms with van der Waals surface area (Å²) in [6.07, 6.45) is 6.02. The molecule has 0 amide bonds. The van der Waals surface area contributed by atoms with E-state index in [0.717, 1.165) is 24.5 Å². The number of aromatic nitrogens is 2. The third kappa shape index (κ3) is 4.66. The average Bonchev–Trinajstić information content (AvgIpc) is 3.02. The van der Waals surface area contributed by atoms with E-state index >= 15 is 0 Å². The van der Waals surface area contributed by atoms with E-state index in [4.69, 9.17) is 4.42 Å². The Morgan fingerprint density at radius 2 is 1.61 bits per heavy atom. The summed E-state index contributed by atoms with van der Waals surface area (Å²) in [6, 6.07) is 4.37. The van der Waals surface area contributed by atoms with E-state index in [2.05, 4.69) is 63.6 Å². The van der Waals surface area contributed by atoms with Gasteiger partial charge in [0.1, 0.15) is 5.76 Å². The Bertz CT molecular complexity index is 616. The van der Waals surface area contributed by atoms with Crippen molar-refractivity contribution >= 4 is 0 Å². The molecule has 2 aromatic rings. The van der Waals surface area contributed by atoms with Gasteiger partial charge in [0.2, 0.25) is 0 Å². The summed E-state index contributed by atoms with van der Waals surface area (Å²) in [7, 11) is 0. The summed E-state index contributed by atoms with van der Waals surface area (Å²) < 4.78 is 5.87. The van der Waals surface area contributed by atoms with Gasteiger partial charge in [-0.3, -0.25) is 4.98 Å². The minimum absolute atomic E-state index is 0.345. The van der Waals surface area contributed by atoms with Crippen LogP contribution in [-0.2, 0) is 0 Å². The monoisotopic (exact) mass is 314 g/mol. The number of rotatable bonds is 7. The lowest BCUT2D eigenvalue weighted by molar-refractivity contribution is 0.401. The Kier molecular flexibility index (Phi) is 5.97. The Balaban J connectivity index is 1.95. The van der Waals surface area contributed by atoms with E-state index in [9.17, 15) is 0 Å². The molecule has 0 aliphatic carbocycles. The molecular weight excluding hydrogens is 284 g/mol. The Morgan fingerprint density at radius 1 is 0.913 bits per heavy atom. The van der Waals surface area contributed by atoms with Crippen LogP contribution in [0.4, 0.5) is 0 Å². The molecule has 0 saturated heterocycles. The summed E-state index contributed by atoms with van der Waals surface area (Å²) in [5.74, 6) is 3.59. The molecule has 0 spiro atoms. The second-order valence-electron chi connectivity index (χ2n) is 7.30. The zero-order chi connectivity index (χ0) is 17.0. The Morgan fingerprint density at radius 3 is 2.22 bits per heavy atom. The largest absolute Gasteiger partial charge is 0.445 e. The summed E-state index contributed by atoms with van der Waals surface area (Å²) in [5, 5.41) is 0. The predicted octanol–water partition coefficient (Wildman–Crippen LogP) is 6.00. The summed E-state index contributed by atoms with van der Waals surface area (Å²) in [5.41, 5.74) is 2.57. The first-order valence-electron chi connectivity index (χ1n) is 8.80. The highest BCUT2D eigenvalue weighted by Gasteiger charge is 2.16. The van der Waals surface area contributed by atoms with Crippen LogP contribution < -0.4 is 0 Å². The highest BCUT2D eigenvalue weighted by molar-refractivity contribution is 5.21. The van der Waals surface area contributed by atoms with Gasteiger partial charge in [0, 0.05) is 23.7 Å². The zero-order valence-corrected chi connectivity index (χ0v) is 15.3. The molecule has 0 aromatic carbocycles. The van der Waals surface area contributed by atoms with Crippen molar-refractivity contribution in [2.24, 2.45) is 0 Å². The average molecular weight is 314 g/mol. The molecule has 3 heteroatoms. The van der Waals surface area contributed by atoms with Gasteiger partial charge in [0.25, 0.3) is 0 Å². The lowest BCUT2D eigenvalue weighted by Gasteiger charge is -2.15. The van der Waals surface area contributed by atoms with Crippen LogP contribution in [0.2, 0.25) is 0 Å². The number of hydrogen-bond donors (Lipinski definition) is 0. The van der Waals surface area contributed by atoms with Crippen LogP contribution in [0, 0.1) is 0 Å². The van der Waals surface area contributed by atoms with Crippen molar-refractivity contribution in [3.05, 3.63) is 47.4 Å². The summed E-state index contributed by atoms with van der Waals surface area (Å²) in [4.78, 5) is 8.94. The SMILES string of the molecule is CC(C)c1ccnc(C(C)CCC(C)c2cnc(C(C)C)o2)c1. The Hall–Kier alpha value is -1.64. The minimum atomic E-state index is 0.345. The third-order valence-electron chi connectivity index (χ3n) is 4.53. The van der Waals surface area contributed by atoms with E-state index in [1.165, 1.54) is 11.3 Å². The molecule has 2 unspecified atom stereocenters.